The molecule has 2 rings (SSSR count). The minimum atomic E-state index is 0.00926. The van der Waals surface area contributed by atoms with Gasteiger partial charge in [-0.1, -0.05) is 0 Å². The van der Waals surface area contributed by atoms with E-state index in [0.717, 1.165) is 0 Å². The number of likely N-dealkylation sites (N-methyl/N-ethyl adjacent to an activating group) is 1. The fourth-order valence-electron chi connectivity index (χ4n) is 1.27. The predicted molar refractivity (Wildman–Crippen MR) is 85.3 cm³/mol. The second kappa shape index (κ2) is 10.6. The first-order chi connectivity index (χ1) is 9.26. The van der Waals surface area contributed by atoms with Gasteiger partial charge in [-0.05, 0) is 7.05 Å². The van der Waals surface area contributed by atoms with E-state index in [1.807, 2.05) is 34.6 Å². The summed E-state index contributed by atoms with van der Waals surface area (Å²) in [6, 6.07) is 8.75. The van der Waals surface area contributed by atoms with E-state index >= 15 is 0 Å². The molecular formula is C13H19GeNO2S2. The van der Waals surface area contributed by atoms with E-state index in [-0.39, 0.29) is 28.6 Å². The van der Waals surface area contributed by atoms with Crippen molar-refractivity contribution in [1.82, 2.24) is 4.90 Å². The first kappa shape index (κ1) is 16.9. The van der Waals surface area contributed by atoms with Crippen LogP contribution in [-0.4, -0.2) is 63.9 Å². The molecule has 2 aromatic rings. The Morgan fingerprint density at radius 1 is 1.00 bits per heavy atom. The molecule has 0 aliphatic heterocycles. The summed E-state index contributed by atoms with van der Waals surface area (Å²) < 4.78 is 3.15. The maximum atomic E-state index is 8.34. The van der Waals surface area contributed by atoms with Crippen molar-refractivity contribution >= 4 is 45.5 Å². The van der Waals surface area contributed by atoms with Gasteiger partial charge in [-0.2, -0.15) is 0 Å². The van der Waals surface area contributed by atoms with Crippen LogP contribution in [0.15, 0.2) is 35.0 Å². The van der Waals surface area contributed by atoms with Crippen LogP contribution < -0.4 is 7.42 Å². The second-order valence-corrected chi connectivity index (χ2v) is 10.0. The van der Waals surface area contributed by atoms with Crippen molar-refractivity contribution in [1.29, 1.82) is 0 Å². The molecule has 0 aliphatic carbocycles. The average Bonchev–Trinajstić information content (AvgIpc) is 3.04. The summed E-state index contributed by atoms with van der Waals surface area (Å²) in [5.41, 5.74) is 0. The van der Waals surface area contributed by atoms with Crippen molar-refractivity contribution in [3.63, 3.8) is 0 Å². The number of hydrogen-bond donors (Lipinski definition) is 2. The van der Waals surface area contributed by atoms with Gasteiger partial charge in [0.25, 0.3) is 0 Å². The average molecular weight is 358 g/mol. The number of aliphatic hydroxyl groups is 2. The number of hydrogen-bond acceptors (Lipinski definition) is 5. The SMILES string of the molecule is CN(CCO)CCO.c1cs[c]([Ge][c]2cccs2)c1. The molecule has 0 fully saturated rings. The van der Waals surface area contributed by atoms with Gasteiger partial charge < -0.3 is 15.1 Å². The van der Waals surface area contributed by atoms with Crippen LogP contribution in [0.2, 0.25) is 0 Å². The number of rotatable bonds is 6. The van der Waals surface area contributed by atoms with Crippen molar-refractivity contribution in [2.75, 3.05) is 33.4 Å². The maximum absolute atomic E-state index is 8.34. The molecule has 0 unspecified atom stereocenters. The summed E-state index contributed by atoms with van der Waals surface area (Å²) in [6.07, 6.45) is 0. The van der Waals surface area contributed by atoms with E-state index in [0.29, 0.717) is 13.1 Å². The van der Waals surface area contributed by atoms with Crippen LogP contribution in [0.4, 0.5) is 0 Å². The van der Waals surface area contributed by atoms with E-state index in [9.17, 15) is 0 Å². The summed E-state index contributed by atoms with van der Waals surface area (Å²) in [6.45, 7) is 1.61. The molecule has 104 valence electrons. The molecule has 0 amide bonds. The number of thiophene rings is 2. The molecule has 19 heavy (non-hydrogen) atoms. The van der Waals surface area contributed by atoms with Crippen molar-refractivity contribution in [3.05, 3.63) is 35.0 Å². The normalized spacial score (nSPS) is 10.3. The van der Waals surface area contributed by atoms with E-state index in [1.165, 1.54) is 0 Å². The van der Waals surface area contributed by atoms with Crippen LogP contribution in [-0.2, 0) is 0 Å². The van der Waals surface area contributed by atoms with Gasteiger partial charge in [0.2, 0.25) is 0 Å². The fourth-order valence-corrected chi connectivity index (χ4v) is 6.65. The van der Waals surface area contributed by atoms with Gasteiger partial charge in [-0.25, -0.2) is 0 Å². The molecule has 0 atom stereocenters. The molecule has 2 N–H and O–H groups in total. The van der Waals surface area contributed by atoms with Crippen LogP contribution in [0, 0.1) is 0 Å². The molecule has 0 saturated carbocycles. The van der Waals surface area contributed by atoms with Gasteiger partial charge in [0.1, 0.15) is 0 Å². The Bertz CT molecular complexity index is 368. The third-order valence-corrected chi connectivity index (χ3v) is 7.90. The Balaban J connectivity index is 0.000000203. The van der Waals surface area contributed by atoms with Crippen molar-refractivity contribution in [3.8, 4) is 0 Å². The van der Waals surface area contributed by atoms with Crippen LogP contribution in [0.3, 0.4) is 0 Å². The van der Waals surface area contributed by atoms with Gasteiger partial charge in [0.15, 0.2) is 0 Å². The molecule has 0 spiro atoms. The van der Waals surface area contributed by atoms with Crippen LogP contribution >= 0.6 is 22.7 Å². The van der Waals surface area contributed by atoms with Crippen LogP contribution in [0.25, 0.3) is 0 Å². The molecular weight excluding hydrogens is 339 g/mol. The molecule has 3 nitrogen and oxygen atoms in total. The molecule has 2 aromatic heterocycles. The Morgan fingerprint density at radius 3 is 1.79 bits per heavy atom. The monoisotopic (exact) mass is 359 g/mol. The summed E-state index contributed by atoms with van der Waals surface area (Å²) in [7, 11) is 1.85. The summed E-state index contributed by atoms with van der Waals surface area (Å²) in [4.78, 5) is 1.86. The Labute approximate surface area is 129 Å². The summed E-state index contributed by atoms with van der Waals surface area (Å²) in [5, 5.41) is 21.0. The minimum absolute atomic E-state index is 0.00926. The standard InChI is InChI=1S/C8H6GeS2.C5H13NO2/c1-3-7(10-5-1)9-8-4-2-6-11-8;1-6(2-4-7)3-5-8/h1-6H;7-8H,2-5H2,1H3. The molecule has 0 saturated heterocycles. The Hall–Kier alpha value is -0.177. The van der Waals surface area contributed by atoms with Crippen molar-refractivity contribution < 1.29 is 10.2 Å². The van der Waals surface area contributed by atoms with Crippen LogP contribution in [0.1, 0.15) is 0 Å². The first-order valence-electron chi connectivity index (χ1n) is 6.00. The summed E-state index contributed by atoms with van der Waals surface area (Å²) >= 11 is 3.78. The number of nitrogens with zero attached hydrogens (tertiary/aromatic N) is 1. The zero-order chi connectivity index (χ0) is 13.9. The second-order valence-electron chi connectivity index (χ2n) is 3.83. The van der Waals surface area contributed by atoms with Crippen LogP contribution in [0.5, 0.6) is 0 Å². The van der Waals surface area contributed by atoms with Gasteiger partial charge in [0.05, 0.1) is 13.2 Å². The Morgan fingerprint density at radius 2 is 1.47 bits per heavy atom. The van der Waals surface area contributed by atoms with E-state index < -0.39 is 0 Å². The first-order valence-corrected chi connectivity index (χ1v) is 9.86. The fraction of sp³-hybridized carbons (Fsp3) is 0.385. The zero-order valence-corrected chi connectivity index (χ0v) is 14.7. The van der Waals surface area contributed by atoms with E-state index in [1.54, 1.807) is 7.42 Å². The van der Waals surface area contributed by atoms with E-state index in [2.05, 4.69) is 35.0 Å². The Kier molecular flexibility index (Phi) is 9.41. The van der Waals surface area contributed by atoms with Gasteiger partial charge in [-0.3, -0.25) is 0 Å². The number of aliphatic hydroxyl groups excluding tert-OH is 2. The third-order valence-electron chi connectivity index (χ3n) is 2.25. The topological polar surface area (TPSA) is 43.7 Å². The van der Waals surface area contributed by atoms with Gasteiger partial charge >= 0.3 is 80.5 Å². The molecule has 0 aliphatic rings. The third kappa shape index (κ3) is 7.86. The summed E-state index contributed by atoms with van der Waals surface area (Å²) in [5.74, 6) is 0. The zero-order valence-electron chi connectivity index (χ0n) is 11.0. The molecule has 0 aromatic carbocycles. The van der Waals surface area contributed by atoms with E-state index in [4.69, 9.17) is 10.2 Å². The molecule has 0 bridgehead atoms. The van der Waals surface area contributed by atoms with Crippen molar-refractivity contribution in [2.45, 2.75) is 0 Å². The quantitative estimate of drug-likeness (QED) is 0.734. The molecule has 6 heteroatoms. The van der Waals surface area contributed by atoms with Gasteiger partial charge in [0, 0.05) is 13.1 Å². The van der Waals surface area contributed by atoms with Gasteiger partial charge in [-0.15, -0.1) is 0 Å². The molecule has 2 radical (unpaired) electrons. The predicted octanol–water partition coefficient (Wildman–Crippen LogP) is 0.367. The molecule has 2 heterocycles. The van der Waals surface area contributed by atoms with Crippen molar-refractivity contribution in [2.24, 2.45) is 0 Å².